The predicted octanol–water partition coefficient (Wildman–Crippen LogP) is 4.07. The number of anilines is 1. The second kappa shape index (κ2) is 5.66. The number of aromatic nitrogens is 2. The van der Waals surface area contributed by atoms with Gasteiger partial charge >= 0.3 is 6.18 Å². The lowest BCUT2D eigenvalue weighted by atomic mass is 10.2. The van der Waals surface area contributed by atoms with Gasteiger partial charge in [0.25, 0.3) is 0 Å². The van der Waals surface area contributed by atoms with Gasteiger partial charge < -0.3 is 5.32 Å². The van der Waals surface area contributed by atoms with Crippen molar-refractivity contribution in [2.24, 2.45) is 0 Å². The van der Waals surface area contributed by atoms with Gasteiger partial charge in [0.2, 0.25) is 5.82 Å². The second-order valence-electron chi connectivity index (χ2n) is 4.20. The van der Waals surface area contributed by atoms with Crippen molar-refractivity contribution < 1.29 is 13.2 Å². The van der Waals surface area contributed by atoms with Gasteiger partial charge in [-0.2, -0.15) is 13.2 Å². The molecule has 1 aromatic heterocycles. The zero-order valence-corrected chi connectivity index (χ0v) is 11.3. The Kier molecular flexibility index (Phi) is 4.13. The van der Waals surface area contributed by atoms with E-state index in [0.29, 0.717) is 11.6 Å². The van der Waals surface area contributed by atoms with E-state index in [-0.39, 0.29) is 11.5 Å². The van der Waals surface area contributed by atoms with E-state index >= 15 is 0 Å². The normalized spacial score (nSPS) is 11.4. The van der Waals surface area contributed by atoms with Crippen LogP contribution in [0.3, 0.4) is 0 Å². The van der Waals surface area contributed by atoms with Crippen molar-refractivity contribution in [1.82, 2.24) is 9.97 Å². The van der Waals surface area contributed by atoms with Crippen molar-refractivity contribution in [3.05, 3.63) is 52.4 Å². The molecule has 0 aliphatic carbocycles. The van der Waals surface area contributed by atoms with Crippen LogP contribution in [0.2, 0.25) is 5.02 Å². The highest BCUT2D eigenvalue weighted by Crippen LogP contribution is 2.27. The van der Waals surface area contributed by atoms with E-state index in [1.54, 1.807) is 18.2 Å². The predicted molar refractivity (Wildman–Crippen MR) is 70.5 cm³/mol. The van der Waals surface area contributed by atoms with Crippen LogP contribution in [0.1, 0.15) is 17.1 Å². The summed E-state index contributed by atoms with van der Waals surface area (Å²) in [7, 11) is 0. The SMILES string of the molecule is Cc1cc(NCc2cccc(Cl)c2)nc(C(F)(F)F)n1. The molecule has 1 heterocycles. The molecule has 0 radical (unpaired) electrons. The number of nitrogens with one attached hydrogen (secondary N) is 1. The van der Waals surface area contributed by atoms with Crippen molar-refractivity contribution in [1.29, 1.82) is 0 Å². The molecule has 0 spiro atoms. The summed E-state index contributed by atoms with van der Waals surface area (Å²) in [5, 5.41) is 3.40. The summed E-state index contributed by atoms with van der Waals surface area (Å²) in [6, 6.07) is 8.50. The largest absolute Gasteiger partial charge is 0.451 e. The molecular weight excluding hydrogens is 291 g/mol. The molecular formula is C13H11ClF3N3. The summed E-state index contributed by atoms with van der Waals surface area (Å²) < 4.78 is 37.8. The third kappa shape index (κ3) is 3.84. The minimum atomic E-state index is -4.56. The van der Waals surface area contributed by atoms with E-state index in [1.807, 2.05) is 6.07 Å². The average molecular weight is 302 g/mol. The van der Waals surface area contributed by atoms with Crippen LogP contribution in [0.5, 0.6) is 0 Å². The van der Waals surface area contributed by atoms with E-state index in [2.05, 4.69) is 15.3 Å². The Morgan fingerprint density at radius 2 is 1.95 bits per heavy atom. The van der Waals surface area contributed by atoms with Gasteiger partial charge in [0.15, 0.2) is 0 Å². The number of aryl methyl sites for hydroxylation is 1. The highest BCUT2D eigenvalue weighted by Gasteiger charge is 2.35. The molecule has 0 aliphatic rings. The molecule has 0 saturated heterocycles. The van der Waals surface area contributed by atoms with Gasteiger partial charge in [-0.05, 0) is 24.6 Å². The van der Waals surface area contributed by atoms with Gasteiger partial charge in [-0.15, -0.1) is 0 Å². The molecule has 20 heavy (non-hydrogen) atoms. The van der Waals surface area contributed by atoms with Crippen LogP contribution in [0.15, 0.2) is 30.3 Å². The summed E-state index contributed by atoms with van der Waals surface area (Å²) in [5.74, 6) is -1.02. The number of halogens is 4. The van der Waals surface area contributed by atoms with Crippen LogP contribution in [0.4, 0.5) is 19.0 Å². The van der Waals surface area contributed by atoms with Crippen LogP contribution >= 0.6 is 11.6 Å². The molecule has 0 saturated carbocycles. The van der Waals surface area contributed by atoms with E-state index in [0.717, 1.165) is 5.56 Å². The smallest absolute Gasteiger partial charge is 0.366 e. The number of rotatable bonds is 3. The molecule has 1 aromatic carbocycles. The Labute approximate surface area is 118 Å². The van der Waals surface area contributed by atoms with Crippen LogP contribution < -0.4 is 5.32 Å². The maximum absolute atomic E-state index is 12.6. The average Bonchev–Trinajstić information content (AvgIpc) is 2.35. The third-order valence-electron chi connectivity index (χ3n) is 2.47. The van der Waals surface area contributed by atoms with Gasteiger partial charge in [0.1, 0.15) is 5.82 Å². The van der Waals surface area contributed by atoms with E-state index in [4.69, 9.17) is 11.6 Å². The fourth-order valence-electron chi connectivity index (χ4n) is 1.63. The van der Waals surface area contributed by atoms with Gasteiger partial charge in [0, 0.05) is 23.3 Å². The summed E-state index contributed by atoms with van der Waals surface area (Å²) in [6.07, 6.45) is -4.56. The first-order valence-corrected chi connectivity index (χ1v) is 6.13. The molecule has 2 aromatic rings. The molecule has 2 rings (SSSR count). The number of benzene rings is 1. The van der Waals surface area contributed by atoms with Crippen LogP contribution in [-0.4, -0.2) is 9.97 Å². The number of alkyl halides is 3. The van der Waals surface area contributed by atoms with E-state index in [9.17, 15) is 13.2 Å². The first kappa shape index (κ1) is 14.6. The molecule has 0 aliphatic heterocycles. The number of hydrogen-bond acceptors (Lipinski definition) is 3. The summed E-state index contributed by atoms with van der Waals surface area (Å²) >= 11 is 5.83. The Morgan fingerprint density at radius 1 is 1.20 bits per heavy atom. The first-order valence-electron chi connectivity index (χ1n) is 5.76. The highest BCUT2D eigenvalue weighted by molar-refractivity contribution is 6.30. The van der Waals surface area contributed by atoms with Crippen LogP contribution in [-0.2, 0) is 12.7 Å². The Hall–Kier alpha value is -1.82. The van der Waals surface area contributed by atoms with Gasteiger partial charge in [-0.1, -0.05) is 23.7 Å². The number of nitrogens with zero attached hydrogens (tertiary/aromatic N) is 2. The Balaban J connectivity index is 2.16. The van der Waals surface area contributed by atoms with Crippen molar-refractivity contribution in [3.8, 4) is 0 Å². The third-order valence-corrected chi connectivity index (χ3v) is 2.71. The summed E-state index contributed by atoms with van der Waals surface area (Å²) in [6.45, 7) is 1.82. The molecule has 0 atom stereocenters. The highest BCUT2D eigenvalue weighted by atomic mass is 35.5. The van der Waals surface area contributed by atoms with Crippen LogP contribution in [0, 0.1) is 6.92 Å². The lowest BCUT2D eigenvalue weighted by Gasteiger charge is -2.10. The minimum Gasteiger partial charge on any atom is -0.366 e. The zero-order chi connectivity index (χ0) is 14.8. The van der Waals surface area contributed by atoms with Crippen molar-refractivity contribution in [2.75, 3.05) is 5.32 Å². The molecule has 7 heteroatoms. The molecule has 0 unspecified atom stereocenters. The van der Waals surface area contributed by atoms with E-state index in [1.165, 1.54) is 13.0 Å². The zero-order valence-electron chi connectivity index (χ0n) is 10.5. The maximum Gasteiger partial charge on any atom is 0.451 e. The lowest BCUT2D eigenvalue weighted by Crippen LogP contribution is -2.14. The lowest BCUT2D eigenvalue weighted by molar-refractivity contribution is -0.145. The van der Waals surface area contributed by atoms with E-state index < -0.39 is 12.0 Å². The Bertz CT molecular complexity index is 614. The van der Waals surface area contributed by atoms with Crippen molar-refractivity contribution in [2.45, 2.75) is 19.6 Å². The maximum atomic E-state index is 12.6. The van der Waals surface area contributed by atoms with Gasteiger partial charge in [-0.3, -0.25) is 0 Å². The monoisotopic (exact) mass is 301 g/mol. The number of hydrogen-bond donors (Lipinski definition) is 1. The van der Waals surface area contributed by atoms with Crippen molar-refractivity contribution >= 4 is 17.4 Å². The van der Waals surface area contributed by atoms with Gasteiger partial charge in [-0.25, -0.2) is 9.97 Å². The topological polar surface area (TPSA) is 37.8 Å². The molecule has 0 amide bonds. The fraction of sp³-hybridized carbons (Fsp3) is 0.231. The summed E-state index contributed by atoms with van der Waals surface area (Å²) in [4.78, 5) is 6.84. The molecule has 3 nitrogen and oxygen atoms in total. The standard InChI is InChI=1S/C13H11ClF3N3/c1-8-5-11(20-12(19-8)13(15,16)17)18-7-9-3-2-4-10(14)6-9/h2-6H,7H2,1H3,(H,18,19,20). The quantitative estimate of drug-likeness (QED) is 0.928. The fourth-order valence-corrected chi connectivity index (χ4v) is 1.84. The van der Waals surface area contributed by atoms with Crippen LogP contribution in [0.25, 0.3) is 0 Å². The molecule has 106 valence electrons. The molecule has 0 bridgehead atoms. The second-order valence-corrected chi connectivity index (χ2v) is 4.64. The molecule has 1 N–H and O–H groups in total. The summed E-state index contributed by atoms with van der Waals surface area (Å²) in [5.41, 5.74) is 1.10. The minimum absolute atomic E-state index is 0.129. The van der Waals surface area contributed by atoms with Crippen molar-refractivity contribution in [3.63, 3.8) is 0 Å². The first-order chi connectivity index (χ1) is 9.34. The molecule has 0 fully saturated rings. The van der Waals surface area contributed by atoms with Gasteiger partial charge in [0.05, 0.1) is 0 Å². The Morgan fingerprint density at radius 3 is 2.60 bits per heavy atom.